The maximum Gasteiger partial charge on any atom is 0.226 e. The van der Waals surface area contributed by atoms with Crippen LogP contribution in [0.15, 0.2) is 48.5 Å². The largest absolute Gasteiger partial charge is 0.348 e. The van der Waals surface area contributed by atoms with Crippen molar-refractivity contribution in [3.8, 4) is 0 Å². The monoisotopic (exact) mass is 337 g/mol. The fourth-order valence-electron chi connectivity index (χ4n) is 2.85. The highest BCUT2D eigenvalue weighted by molar-refractivity contribution is 6.31. The molecule has 0 aliphatic heterocycles. The van der Waals surface area contributed by atoms with E-state index in [0.29, 0.717) is 11.8 Å². The molecule has 1 atom stereocenters. The molecule has 2 aromatic heterocycles. The summed E-state index contributed by atoms with van der Waals surface area (Å²) in [6.07, 6.45) is 0. The first-order chi connectivity index (χ1) is 11.6. The van der Waals surface area contributed by atoms with Gasteiger partial charge in [-0.05, 0) is 37.6 Å². The molecule has 0 fully saturated rings. The van der Waals surface area contributed by atoms with Gasteiger partial charge in [-0.25, -0.2) is 9.97 Å². The lowest BCUT2D eigenvalue weighted by Crippen LogP contribution is -2.12. The molecule has 0 saturated heterocycles. The number of anilines is 1. The highest BCUT2D eigenvalue weighted by Gasteiger charge is 2.15. The standard InChI is InChI=1S/C18H16ClN5/c1-11(13-7-3-5-9-15(13)19)20-18-22-16-10-6-4-8-14(16)17-21-12(2)23-24(17)18/h3-11H,1-2H3,(H,20,22). The van der Waals surface area contributed by atoms with Crippen molar-refractivity contribution in [2.45, 2.75) is 19.9 Å². The predicted octanol–water partition coefficient (Wildman–Crippen LogP) is 4.41. The lowest BCUT2D eigenvalue weighted by atomic mass is 10.1. The highest BCUT2D eigenvalue weighted by atomic mass is 35.5. The van der Waals surface area contributed by atoms with Gasteiger partial charge in [-0.15, -0.1) is 5.10 Å². The fraction of sp³-hybridized carbons (Fsp3) is 0.167. The van der Waals surface area contributed by atoms with Gasteiger partial charge in [0.05, 0.1) is 11.6 Å². The minimum atomic E-state index is -0.0138. The SMILES string of the molecule is Cc1nc2c3ccccc3nc(NC(C)c3ccccc3Cl)n2n1. The first-order valence-electron chi connectivity index (χ1n) is 7.76. The van der Waals surface area contributed by atoms with Crippen LogP contribution in [0.4, 0.5) is 5.95 Å². The van der Waals surface area contributed by atoms with Gasteiger partial charge < -0.3 is 5.32 Å². The molecule has 0 amide bonds. The first kappa shape index (κ1) is 14.9. The highest BCUT2D eigenvalue weighted by Crippen LogP contribution is 2.27. The van der Waals surface area contributed by atoms with Crippen molar-refractivity contribution in [1.82, 2.24) is 19.6 Å². The van der Waals surface area contributed by atoms with Crippen molar-refractivity contribution < 1.29 is 0 Å². The maximum absolute atomic E-state index is 6.31. The fourth-order valence-corrected chi connectivity index (χ4v) is 3.15. The Hall–Kier alpha value is -2.66. The van der Waals surface area contributed by atoms with Crippen LogP contribution in [0.1, 0.15) is 24.4 Å². The third kappa shape index (κ3) is 2.47. The number of para-hydroxylation sites is 1. The van der Waals surface area contributed by atoms with Gasteiger partial charge in [-0.3, -0.25) is 0 Å². The van der Waals surface area contributed by atoms with Crippen LogP contribution in [0.3, 0.4) is 0 Å². The number of hydrogen-bond donors (Lipinski definition) is 1. The predicted molar refractivity (Wildman–Crippen MR) is 96.5 cm³/mol. The first-order valence-corrected chi connectivity index (χ1v) is 8.14. The third-order valence-electron chi connectivity index (χ3n) is 4.00. The van der Waals surface area contributed by atoms with Crippen LogP contribution in [0.5, 0.6) is 0 Å². The molecule has 24 heavy (non-hydrogen) atoms. The quantitative estimate of drug-likeness (QED) is 0.601. The molecule has 0 aliphatic rings. The molecular formula is C18H16ClN5. The van der Waals surface area contributed by atoms with Crippen LogP contribution in [0.25, 0.3) is 16.6 Å². The summed E-state index contributed by atoms with van der Waals surface area (Å²) in [4.78, 5) is 9.26. The summed E-state index contributed by atoms with van der Waals surface area (Å²) in [5.41, 5.74) is 2.69. The molecule has 2 aromatic carbocycles. The summed E-state index contributed by atoms with van der Waals surface area (Å²) >= 11 is 6.31. The van der Waals surface area contributed by atoms with Crippen molar-refractivity contribution in [2.24, 2.45) is 0 Å². The summed E-state index contributed by atoms with van der Waals surface area (Å²) in [6, 6.07) is 15.7. The van der Waals surface area contributed by atoms with E-state index in [0.717, 1.165) is 27.1 Å². The van der Waals surface area contributed by atoms with Crippen LogP contribution in [-0.2, 0) is 0 Å². The lowest BCUT2D eigenvalue weighted by Gasteiger charge is -2.17. The van der Waals surface area contributed by atoms with Crippen molar-refractivity contribution in [3.63, 3.8) is 0 Å². The van der Waals surface area contributed by atoms with Gasteiger partial charge >= 0.3 is 0 Å². The molecule has 1 N–H and O–H groups in total. The Balaban J connectivity index is 1.85. The number of benzene rings is 2. The van der Waals surface area contributed by atoms with Crippen LogP contribution >= 0.6 is 11.6 Å². The second-order valence-corrected chi connectivity index (χ2v) is 6.14. The molecule has 0 spiro atoms. The zero-order chi connectivity index (χ0) is 16.7. The minimum Gasteiger partial charge on any atom is -0.348 e. The molecule has 2 heterocycles. The van der Waals surface area contributed by atoms with Gasteiger partial charge in [0.1, 0.15) is 5.82 Å². The van der Waals surface area contributed by atoms with Gasteiger partial charge in [0.2, 0.25) is 5.95 Å². The Morgan fingerprint density at radius 3 is 2.62 bits per heavy atom. The third-order valence-corrected chi connectivity index (χ3v) is 4.35. The van der Waals surface area contributed by atoms with Gasteiger partial charge in [-0.2, -0.15) is 4.52 Å². The Morgan fingerprint density at radius 2 is 1.79 bits per heavy atom. The van der Waals surface area contributed by atoms with Gasteiger partial charge in [-0.1, -0.05) is 41.9 Å². The Kier molecular flexibility index (Phi) is 3.58. The van der Waals surface area contributed by atoms with E-state index in [1.54, 1.807) is 4.52 Å². The van der Waals surface area contributed by atoms with E-state index in [2.05, 4.69) is 15.4 Å². The number of halogens is 1. The Bertz CT molecular complexity index is 1040. The smallest absolute Gasteiger partial charge is 0.226 e. The molecule has 1 unspecified atom stereocenters. The molecule has 120 valence electrons. The second kappa shape index (κ2) is 5.76. The van der Waals surface area contributed by atoms with Crippen molar-refractivity contribution in [1.29, 1.82) is 0 Å². The van der Waals surface area contributed by atoms with E-state index in [1.165, 1.54) is 0 Å². The zero-order valence-electron chi connectivity index (χ0n) is 13.4. The zero-order valence-corrected chi connectivity index (χ0v) is 14.1. The number of nitrogens with one attached hydrogen (secondary N) is 1. The van der Waals surface area contributed by atoms with E-state index in [1.807, 2.05) is 62.4 Å². The molecule has 4 aromatic rings. The summed E-state index contributed by atoms with van der Waals surface area (Å²) in [6.45, 7) is 3.93. The molecule has 5 nitrogen and oxygen atoms in total. The van der Waals surface area contributed by atoms with Crippen LogP contribution in [0.2, 0.25) is 5.02 Å². The summed E-state index contributed by atoms with van der Waals surface area (Å²) in [5, 5.41) is 9.60. The Morgan fingerprint density at radius 1 is 1.04 bits per heavy atom. The molecule has 4 rings (SSSR count). The van der Waals surface area contributed by atoms with Gasteiger partial charge in [0.25, 0.3) is 0 Å². The number of nitrogens with zero attached hydrogens (tertiary/aromatic N) is 4. The topological polar surface area (TPSA) is 55.1 Å². The number of aryl methyl sites for hydroxylation is 1. The van der Waals surface area contributed by atoms with Crippen molar-refractivity contribution >= 4 is 34.1 Å². The molecule has 0 radical (unpaired) electrons. The molecule has 0 aliphatic carbocycles. The van der Waals surface area contributed by atoms with E-state index in [-0.39, 0.29) is 6.04 Å². The van der Waals surface area contributed by atoms with E-state index >= 15 is 0 Å². The average molecular weight is 338 g/mol. The maximum atomic E-state index is 6.31. The average Bonchev–Trinajstić information content (AvgIpc) is 2.97. The van der Waals surface area contributed by atoms with E-state index in [4.69, 9.17) is 16.6 Å². The van der Waals surface area contributed by atoms with E-state index < -0.39 is 0 Å². The van der Waals surface area contributed by atoms with E-state index in [9.17, 15) is 0 Å². The second-order valence-electron chi connectivity index (χ2n) is 5.73. The summed E-state index contributed by atoms with van der Waals surface area (Å²) in [7, 11) is 0. The number of rotatable bonds is 3. The Labute approximate surface area is 144 Å². The van der Waals surface area contributed by atoms with Crippen LogP contribution < -0.4 is 5.32 Å². The number of aromatic nitrogens is 4. The van der Waals surface area contributed by atoms with Crippen LogP contribution in [-0.4, -0.2) is 19.6 Å². The lowest BCUT2D eigenvalue weighted by molar-refractivity contribution is 0.825. The summed E-state index contributed by atoms with van der Waals surface area (Å²) in [5.74, 6) is 1.36. The van der Waals surface area contributed by atoms with Crippen molar-refractivity contribution in [3.05, 3.63) is 64.9 Å². The van der Waals surface area contributed by atoms with Crippen LogP contribution in [0, 0.1) is 6.92 Å². The normalized spacial score (nSPS) is 12.6. The van der Waals surface area contributed by atoms with Gasteiger partial charge in [0.15, 0.2) is 5.65 Å². The minimum absolute atomic E-state index is 0.0138. The molecular weight excluding hydrogens is 322 g/mol. The molecule has 0 bridgehead atoms. The van der Waals surface area contributed by atoms with Gasteiger partial charge in [0, 0.05) is 10.4 Å². The van der Waals surface area contributed by atoms with Crippen molar-refractivity contribution in [2.75, 3.05) is 5.32 Å². The number of fused-ring (bicyclic) bond motifs is 3. The molecule has 6 heteroatoms. The molecule has 0 saturated carbocycles. The summed E-state index contributed by atoms with van der Waals surface area (Å²) < 4.78 is 1.75. The number of hydrogen-bond acceptors (Lipinski definition) is 4.